The molecule has 0 aromatic heterocycles. The van der Waals surface area contributed by atoms with E-state index in [9.17, 15) is 0 Å². The van der Waals surface area contributed by atoms with Crippen molar-refractivity contribution >= 4 is 22.6 Å². The van der Waals surface area contributed by atoms with E-state index in [2.05, 4.69) is 66.1 Å². The molecule has 0 amide bonds. The summed E-state index contributed by atoms with van der Waals surface area (Å²) in [5.74, 6) is 6.33. The summed E-state index contributed by atoms with van der Waals surface area (Å²) in [5.41, 5.74) is 4.28. The van der Waals surface area contributed by atoms with E-state index in [0.717, 1.165) is 18.8 Å². The smallest absolute Gasteiger partial charge is 0.0253 e. The maximum absolute atomic E-state index is 5.60. The zero-order valence-corrected chi connectivity index (χ0v) is 12.2. The first kappa shape index (κ1) is 13.9. The predicted octanol–water partition coefficient (Wildman–Crippen LogP) is 3.10. The minimum Gasteiger partial charge on any atom is -0.271 e. The molecular formula is C13H21IN2. The van der Waals surface area contributed by atoms with Crippen LogP contribution in [0.5, 0.6) is 0 Å². The van der Waals surface area contributed by atoms with E-state index in [-0.39, 0.29) is 0 Å². The van der Waals surface area contributed by atoms with Crippen molar-refractivity contribution in [3.63, 3.8) is 0 Å². The molecule has 1 rings (SSSR count). The zero-order chi connectivity index (χ0) is 12.0. The number of hydrogen-bond donors (Lipinski definition) is 2. The second-order valence-corrected chi connectivity index (χ2v) is 5.69. The van der Waals surface area contributed by atoms with Crippen LogP contribution >= 0.6 is 22.6 Å². The lowest BCUT2D eigenvalue weighted by Gasteiger charge is -2.19. The van der Waals surface area contributed by atoms with Crippen molar-refractivity contribution in [1.82, 2.24) is 5.43 Å². The van der Waals surface area contributed by atoms with Crippen LogP contribution in [0.1, 0.15) is 32.3 Å². The van der Waals surface area contributed by atoms with Gasteiger partial charge in [0.05, 0.1) is 0 Å². The van der Waals surface area contributed by atoms with Gasteiger partial charge in [0.25, 0.3) is 0 Å². The molecule has 2 atom stereocenters. The monoisotopic (exact) mass is 332 g/mol. The Labute approximate surface area is 112 Å². The van der Waals surface area contributed by atoms with Gasteiger partial charge in [0, 0.05) is 9.61 Å². The van der Waals surface area contributed by atoms with E-state index in [1.54, 1.807) is 0 Å². The van der Waals surface area contributed by atoms with Gasteiger partial charge in [-0.1, -0.05) is 32.4 Å². The third-order valence-corrected chi connectivity index (χ3v) is 3.73. The van der Waals surface area contributed by atoms with Crippen molar-refractivity contribution < 1.29 is 0 Å². The Kier molecular flexibility index (Phi) is 6.31. The third-order valence-electron chi connectivity index (χ3n) is 3.01. The van der Waals surface area contributed by atoms with Gasteiger partial charge in [0.15, 0.2) is 0 Å². The highest BCUT2D eigenvalue weighted by Gasteiger charge is 2.11. The number of benzene rings is 1. The SMILES string of the molecule is CCC(C)CC(Cc1ccc(I)cc1)NN. The average Bonchev–Trinajstić information content (AvgIpc) is 2.30. The minimum absolute atomic E-state index is 0.384. The first-order chi connectivity index (χ1) is 7.65. The van der Waals surface area contributed by atoms with Gasteiger partial charge in [0.2, 0.25) is 0 Å². The fourth-order valence-electron chi connectivity index (χ4n) is 1.77. The second kappa shape index (κ2) is 7.25. The van der Waals surface area contributed by atoms with E-state index in [1.807, 2.05) is 0 Å². The van der Waals surface area contributed by atoms with Crippen LogP contribution in [-0.2, 0) is 6.42 Å². The Hall–Kier alpha value is -0.130. The molecule has 0 spiro atoms. The number of halogens is 1. The van der Waals surface area contributed by atoms with Gasteiger partial charge < -0.3 is 0 Å². The van der Waals surface area contributed by atoms with Gasteiger partial charge in [-0.25, -0.2) is 0 Å². The molecule has 2 nitrogen and oxygen atoms in total. The summed E-state index contributed by atoms with van der Waals surface area (Å²) in [6.07, 6.45) is 3.36. The quantitative estimate of drug-likeness (QED) is 0.477. The fourth-order valence-corrected chi connectivity index (χ4v) is 2.13. The van der Waals surface area contributed by atoms with Crippen LogP contribution in [0, 0.1) is 9.49 Å². The van der Waals surface area contributed by atoms with Crippen LogP contribution in [-0.4, -0.2) is 6.04 Å². The van der Waals surface area contributed by atoms with Crippen molar-refractivity contribution in [2.75, 3.05) is 0 Å². The molecule has 0 bridgehead atoms. The van der Waals surface area contributed by atoms with E-state index in [0.29, 0.717) is 6.04 Å². The maximum Gasteiger partial charge on any atom is 0.0253 e. The number of nitrogens with two attached hydrogens (primary N) is 1. The van der Waals surface area contributed by atoms with Crippen molar-refractivity contribution in [2.45, 2.75) is 39.2 Å². The average molecular weight is 332 g/mol. The summed E-state index contributed by atoms with van der Waals surface area (Å²) in [6, 6.07) is 9.04. The molecule has 0 fully saturated rings. The largest absolute Gasteiger partial charge is 0.271 e. The van der Waals surface area contributed by atoms with E-state index >= 15 is 0 Å². The van der Waals surface area contributed by atoms with Crippen LogP contribution in [0.4, 0.5) is 0 Å². The van der Waals surface area contributed by atoms with Crippen LogP contribution in [0.15, 0.2) is 24.3 Å². The highest BCUT2D eigenvalue weighted by Crippen LogP contribution is 2.14. The Balaban J connectivity index is 2.52. The normalized spacial score (nSPS) is 14.8. The van der Waals surface area contributed by atoms with Crippen molar-refractivity contribution in [1.29, 1.82) is 0 Å². The molecule has 16 heavy (non-hydrogen) atoms. The summed E-state index contributed by atoms with van der Waals surface area (Å²) in [6.45, 7) is 4.50. The molecular weight excluding hydrogens is 311 g/mol. The molecule has 0 saturated heterocycles. The second-order valence-electron chi connectivity index (χ2n) is 4.44. The molecule has 0 aliphatic rings. The minimum atomic E-state index is 0.384. The summed E-state index contributed by atoms with van der Waals surface area (Å²) in [4.78, 5) is 0. The highest BCUT2D eigenvalue weighted by molar-refractivity contribution is 14.1. The third kappa shape index (κ3) is 4.80. The standard InChI is InChI=1S/C13H21IN2/c1-3-10(2)8-13(16-15)9-11-4-6-12(14)7-5-11/h4-7,10,13,16H,3,8-9,15H2,1-2H3. The van der Waals surface area contributed by atoms with Crippen molar-refractivity contribution in [3.05, 3.63) is 33.4 Å². The van der Waals surface area contributed by atoms with E-state index < -0.39 is 0 Å². The van der Waals surface area contributed by atoms with Crippen LogP contribution < -0.4 is 11.3 Å². The summed E-state index contributed by atoms with van der Waals surface area (Å²) in [7, 11) is 0. The molecule has 2 unspecified atom stereocenters. The number of nitrogens with one attached hydrogen (secondary N) is 1. The fraction of sp³-hybridized carbons (Fsp3) is 0.538. The molecule has 0 aliphatic heterocycles. The predicted molar refractivity (Wildman–Crippen MR) is 78.0 cm³/mol. The Morgan fingerprint density at radius 2 is 1.94 bits per heavy atom. The number of rotatable bonds is 6. The summed E-state index contributed by atoms with van der Waals surface area (Å²) in [5, 5.41) is 0. The molecule has 3 N–H and O–H groups in total. The molecule has 1 aromatic carbocycles. The van der Waals surface area contributed by atoms with Gasteiger partial charge in [-0.2, -0.15) is 0 Å². The van der Waals surface area contributed by atoms with E-state index in [4.69, 9.17) is 5.84 Å². The Morgan fingerprint density at radius 1 is 1.31 bits per heavy atom. The van der Waals surface area contributed by atoms with Gasteiger partial charge in [-0.15, -0.1) is 0 Å². The summed E-state index contributed by atoms with van der Waals surface area (Å²) >= 11 is 2.33. The van der Waals surface area contributed by atoms with Crippen molar-refractivity contribution in [3.8, 4) is 0 Å². The topological polar surface area (TPSA) is 38.0 Å². The van der Waals surface area contributed by atoms with Crippen LogP contribution in [0.2, 0.25) is 0 Å². The Bertz CT molecular complexity index is 297. The lowest BCUT2D eigenvalue weighted by molar-refractivity contribution is 0.396. The van der Waals surface area contributed by atoms with Gasteiger partial charge in [-0.3, -0.25) is 11.3 Å². The Morgan fingerprint density at radius 3 is 2.44 bits per heavy atom. The maximum atomic E-state index is 5.60. The molecule has 3 heteroatoms. The van der Waals surface area contributed by atoms with Crippen LogP contribution in [0.3, 0.4) is 0 Å². The first-order valence-electron chi connectivity index (χ1n) is 5.86. The van der Waals surface area contributed by atoms with E-state index in [1.165, 1.54) is 15.6 Å². The van der Waals surface area contributed by atoms with Gasteiger partial charge in [0.1, 0.15) is 0 Å². The van der Waals surface area contributed by atoms with Crippen molar-refractivity contribution in [2.24, 2.45) is 11.8 Å². The zero-order valence-electron chi connectivity index (χ0n) is 10.0. The molecule has 90 valence electrons. The lowest BCUT2D eigenvalue weighted by atomic mass is 9.95. The molecule has 0 aliphatic carbocycles. The number of hydrogen-bond acceptors (Lipinski definition) is 2. The van der Waals surface area contributed by atoms with Gasteiger partial charge in [-0.05, 0) is 59.0 Å². The van der Waals surface area contributed by atoms with Gasteiger partial charge >= 0.3 is 0 Å². The molecule has 0 saturated carbocycles. The van der Waals surface area contributed by atoms with Crippen LogP contribution in [0.25, 0.3) is 0 Å². The molecule has 1 aromatic rings. The number of hydrazine groups is 1. The first-order valence-corrected chi connectivity index (χ1v) is 6.94. The summed E-state index contributed by atoms with van der Waals surface area (Å²) < 4.78 is 1.28. The molecule has 0 heterocycles. The lowest BCUT2D eigenvalue weighted by Crippen LogP contribution is -2.37. The molecule has 0 radical (unpaired) electrons. The highest BCUT2D eigenvalue weighted by atomic mass is 127.